The van der Waals surface area contributed by atoms with Gasteiger partial charge in [0.2, 0.25) is 0 Å². The van der Waals surface area contributed by atoms with Gasteiger partial charge in [0.25, 0.3) is 0 Å². The summed E-state index contributed by atoms with van der Waals surface area (Å²) >= 11 is 11.4. The Morgan fingerprint density at radius 2 is 2.20 bits per heavy atom. The van der Waals surface area contributed by atoms with Crippen LogP contribution in [0.4, 0.5) is 4.39 Å². The average molecular weight is 181 g/mol. The molecule has 0 aromatic heterocycles. The van der Waals surface area contributed by atoms with Crippen LogP contribution in [0.1, 0.15) is 6.92 Å². The van der Waals surface area contributed by atoms with Gasteiger partial charge in [0, 0.05) is 5.92 Å². The molecule has 1 atom stereocenters. The molecule has 0 radical (unpaired) electrons. The lowest BCUT2D eigenvalue weighted by Gasteiger charge is -2.23. The Hall–Kier alpha value is -0.0100. The maximum Gasteiger partial charge on any atom is 0.145 e. The molecule has 0 saturated carbocycles. The summed E-state index contributed by atoms with van der Waals surface area (Å²) in [6.45, 7) is 1.83. The van der Waals surface area contributed by atoms with Crippen LogP contribution in [0.15, 0.2) is 24.1 Å². The van der Waals surface area contributed by atoms with Crippen LogP contribution in [0.2, 0.25) is 0 Å². The summed E-state index contributed by atoms with van der Waals surface area (Å²) in [6, 6.07) is 0. The molecule has 1 unspecified atom stereocenters. The molecule has 0 N–H and O–H groups in total. The van der Waals surface area contributed by atoms with Crippen molar-refractivity contribution in [1.29, 1.82) is 0 Å². The van der Waals surface area contributed by atoms with Crippen molar-refractivity contribution in [2.45, 2.75) is 11.3 Å². The van der Waals surface area contributed by atoms with Crippen LogP contribution in [-0.2, 0) is 0 Å². The van der Waals surface area contributed by atoms with Crippen molar-refractivity contribution in [3.05, 3.63) is 24.1 Å². The predicted molar refractivity (Wildman–Crippen MR) is 41.9 cm³/mol. The van der Waals surface area contributed by atoms with Gasteiger partial charge in [-0.25, -0.2) is 4.39 Å². The number of rotatable bonds is 0. The molecule has 0 saturated heterocycles. The summed E-state index contributed by atoms with van der Waals surface area (Å²) < 4.78 is 11.4. The Morgan fingerprint density at radius 3 is 2.60 bits per heavy atom. The van der Waals surface area contributed by atoms with Crippen molar-refractivity contribution < 1.29 is 4.39 Å². The van der Waals surface area contributed by atoms with E-state index in [-0.39, 0.29) is 11.7 Å². The molecule has 0 fully saturated rings. The Balaban J connectivity index is 2.88. The molecule has 0 nitrogen and oxygen atoms in total. The number of alkyl halides is 2. The monoisotopic (exact) mass is 180 g/mol. The largest absolute Gasteiger partial charge is 0.207 e. The highest BCUT2D eigenvalue weighted by Crippen LogP contribution is 2.37. The smallest absolute Gasteiger partial charge is 0.145 e. The van der Waals surface area contributed by atoms with E-state index in [2.05, 4.69) is 0 Å². The minimum absolute atomic E-state index is 0.0321. The normalized spacial score (nSPS) is 30.0. The summed E-state index contributed by atoms with van der Waals surface area (Å²) in [4.78, 5) is 0. The van der Waals surface area contributed by atoms with Crippen LogP contribution < -0.4 is 0 Å². The first kappa shape index (κ1) is 8.09. The van der Waals surface area contributed by atoms with Crippen LogP contribution in [0.5, 0.6) is 0 Å². The van der Waals surface area contributed by atoms with Crippen molar-refractivity contribution in [3.63, 3.8) is 0 Å². The molecule has 0 bridgehead atoms. The minimum atomic E-state index is -1.07. The first-order chi connectivity index (χ1) is 4.52. The van der Waals surface area contributed by atoms with Crippen molar-refractivity contribution in [3.8, 4) is 0 Å². The Labute approximate surface area is 69.3 Å². The van der Waals surface area contributed by atoms with Crippen molar-refractivity contribution in [1.82, 2.24) is 0 Å². The predicted octanol–water partition coefficient (Wildman–Crippen LogP) is 3.22. The van der Waals surface area contributed by atoms with Gasteiger partial charge in [0.15, 0.2) is 0 Å². The third-order valence-corrected chi connectivity index (χ3v) is 2.39. The molecule has 3 heteroatoms. The van der Waals surface area contributed by atoms with Crippen molar-refractivity contribution in [2.24, 2.45) is 5.92 Å². The number of hydrogen-bond donors (Lipinski definition) is 0. The Morgan fingerprint density at radius 1 is 1.60 bits per heavy atom. The van der Waals surface area contributed by atoms with Crippen LogP contribution in [-0.4, -0.2) is 4.33 Å². The van der Waals surface area contributed by atoms with E-state index >= 15 is 0 Å². The van der Waals surface area contributed by atoms with Crippen LogP contribution in [0.25, 0.3) is 0 Å². The first-order valence-corrected chi connectivity index (χ1v) is 3.72. The van der Waals surface area contributed by atoms with E-state index in [1.54, 1.807) is 6.08 Å². The molecule has 1 rings (SSSR count). The van der Waals surface area contributed by atoms with Crippen molar-refractivity contribution >= 4 is 23.2 Å². The Kier molecular flexibility index (Phi) is 2.07. The molecule has 0 spiro atoms. The lowest BCUT2D eigenvalue weighted by Crippen LogP contribution is -2.21. The van der Waals surface area contributed by atoms with Gasteiger partial charge in [-0.15, -0.1) is 0 Å². The van der Waals surface area contributed by atoms with Gasteiger partial charge in [-0.2, -0.15) is 0 Å². The van der Waals surface area contributed by atoms with E-state index in [9.17, 15) is 4.39 Å². The molecule has 56 valence electrons. The minimum Gasteiger partial charge on any atom is -0.207 e. The van der Waals surface area contributed by atoms with E-state index in [4.69, 9.17) is 23.2 Å². The molecular weight excluding hydrogens is 174 g/mol. The molecular formula is C7H7Cl2F. The maximum atomic E-state index is 12.5. The second-order valence-corrected chi connectivity index (χ2v) is 3.80. The zero-order valence-electron chi connectivity index (χ0n) is 5.44. The van der Waals surface area contributed by atoms with E-state index in [1.807, 2.05) is 6.92 Å². The van der Waals surface area contributed by atoms with Crippen LogP contribution in [0, 0.1) is 5.92 Å². The number of halogens is 3. The maximum absolute atomic E-state index is 12.5. The third-order valence-electron chi connectivity index (χ3n) is 1.48. The van der Waals surface area contributed by atoms with Crippen LogP contribution >= 0.6 is 23.2 Å². The zero-order chi connectivity index (χ0) is 7.78. The summed E-state index contributed by atoms with van der Waals surface area (Å²) in [7, 11) is 0. The second kappa shape index (κ2) is 2.55. The van der Waals surface area contributed by atoms with Gasteiger partial charge >= 0.3 is 0 Å². The van der Waals surface area contributed by atoms with E-state index in [0.717, 1.165) is 0 Å². The highest BCUT2D eigenvalue weighted by Gasteiger charge is 2.30. The van der Waals surface area contributed by atoms with Gasteiger partial charge in [-0.3, -0.25) is 0 Å². The molecule has 0 amide bonds. The summed E-state index contributed by atoms with van der Waals surface area (Å²) in [5, 5.41) is 0. The van der Waals surface area contributed by atoms with Gasteiger partial charge < -0.3 is 0 Å². The highest BCUT2D eigenvalue weighted by molar-refractivity contribution is 6.50. The quantitative estimate of drug-likeness (QED) is 0.503. The number of hydrogen-bond acceptors (Lipinski definition) is 0. The average Bonchev–Trinajstić information content (AvgIpc) is 1.78. The summed E-state index contributed by atoms with van der Waals surface area (Å²) in [5.74, 6) is -0.404. The second-order valence-electron chi connectivity index (χ2n) is 2.35. The van der Waals surface area contributed by atoms with Crippen LogP contribution in [0.3, 0.4) is 0 Å². The Bertz CT molecular complexity index is 194. The molecule has 1 aliphatic carbocycles. The van der Waals surface area contributed by atoms with E-state index in [1.165, 1.54) is 12.2 Å². The summed E-state index contributed by atoms with van der Waals surface area (Å²) in [5.41, 5.74) is 0. The lowest BCUT2D eigenvalue weighted by molar-refractivity contribution is 0.609. The van der Waals surface area contributed by atoms with Gasteiger partial charge in [0.05, 0.1) is 0 Å². The topological polar surface area (TPSA) is 0 Å². The van der Waals surface area contributed by atoms with Gasteiger partial charge in [-0.1, -0.05) is 36.2 Å². The molecule has 0 heterocycles. The number of allylic oxidation sites excluding steroid dienone is 4. The molecule has 0 aromatic rings. The van der Waals surface area contributed by atoms with Crippen molar-refractivity contribution in [2.75, 3.05) is 0 Å². The fourth-order valence-electron chi connectivity index (χ4n) is 0.728. The lowest BCUT2D eigenvalue weighted by atomic mass is 10.0. The molecule has 1 aliphatic rings. The SMILES string of the molecule is CC1C=CC(F)=CC1(Cl)Cl. The third kappa shape index (κ3) is 1.53. The molecule has 10 heavy (non-hydrogen) atoms. The highest BCUT2D eigenvalue weighted by atomic mass is 35.5. The van der Waals surface area contributed by atoms with E-state index < -0.39 is 4.33 Å². The standard InChI is InChI=1S/C7H7Cl2F/c1-5-2-3-6(10)4-7(5,8)9/h2-5H,1H3. The summed E-state index contributed by atoms with van der Waals surface area (Å²) in [6.07, 6.45) is 4.23. The zero-order valence-corrected chi connectivity index (χ0v) is 6.96. The molecule has 0 aliphatic heterocycles. The first-order valence-electron chi connectivity index (χ1n) is 2.97. The molecule has 0 aromatic carbocycles. The van der Waals surface area contributed by atoms with Gasteiger partial charge in [-0.05, 0) is 12.2 Å². The van der Waals surface area contributed by atoms with E-state index in [0.29, 0.717) is 0 Å². The van der Waals surface area contributed by atoms with Gasteiger partial charge in [0.1, 0.15) is 10.2 Å². The fraction of sp³-hybridized carbons (Fsp3) is 0.429. The fourth-order valence-corrected chi connectivity index (χ4v) is 1.08.